The van der Waals surface area contributed by atoms with Crippen molar-refractivity contribution in [2.24, 2.45) is 5.92 Å². The number of nitrogens with zero attached hydrogens (tertiary/aromatic N) is 1. The van der Waals surface area contributed by atoms with Crippen LogP contribution in [0.1, 0.15) is 12.5 Å². The first-order chi connectivity index (χ1) is 7.18. The van der Waals surface area contributed by atoms with E-state index in [9.17, 15) is 4.79 Å². The normalized spacial score (nSPS) is 12.9. The average molecular weight is 205 g/mol. The number of fused-ring (bicyclic) bond motifs is 1. The summed E-state index contributed by atoms with van der Waals surface area (Å²) in [6, 6.07) is 1.84. The molecule has 2 heterocycles. The lowest BCUT2D eigenvalue weighted by molar-refractivity contribution is -0.141. The zero-order valence-electron chi connectivity index (χ0n) is 8.30. The van der Waals surface area contributed by atoms with Crippen LogP contribution in [0.4, 0.5) is 0 Å². The molecule has 0 saturated carbocycles. The maximum absolute atomic E-state index is 10.7. The molecule has 0 spiro atoms. The zero-order valence-corrected chi connectivity index (χ0v) is 8.30. The van der Waals surface area contributed by atoms with Crippen LogP contribution in [0.3, 0.4) is 0 Å². The van der Waals surface area contributed by atoms with Gasteiger partial charge in [-0.3, -0.25) is 9.78 Å². The number of hydrogen-bond donors (Lipinski definition) is 1. The van der Waals surface area contributed by atoms with Gasteiger partial charge in [0.25, 0.3) is 0 Å². The van der Waals surface area contributed by atoms with E-state index < -0.39 is 11.9 Å². The Labute approximate surface area is 86.5 Å². The monoisotopic (exact) mass is 205 g/mol. The molecule has 2 rings (SSSR count). The number of aromatic nitrogens is 1. The second-order valence-corrected chi connectivity index (χ2v) is 3.58. The highest BCUT2D eigenvalue weighted by molar-refractivity contribution is 5.80. The van der Waals surface area contributed by atoms with Gasteiger partial charge in [0, 0.05) is 11.6 Å². The fourth-order valence-electron chi connectivity index (χ4n) is 1.51. The molecule has 2 aromatic rings. The number of carbonyl (C=O) groups is 1. The minimum Gasteiger partial charge on any atom is -0.481 e. The van der Waals surface area contributed by atoms with E-state index >= 15 is 0 Å². The number of rotatable bonds is 3. The maximum atomic E-state index is 10.7. The molecule has 1 atom stereocenters. The van der Waals surface area contributed by atoms with Crippen LogP contribution in [0.5, 0.6) is 0 Å². The quantitative estimate of drug-likeness (QED) is 0.833. The summed E-state index contributed by atoms with van der Waals surface area (Å²) >= 11 is 0. The van der Waals surface area contributed by atoms with E-state index in [1.165, 1.54) is 0 Å². The van der Waals surface area contributed by atoms with Crippen LogP contribution in [-0.2, 0) is 11.2 Å². The molecule has 0 aliphatic heterocycles. The van der Waals surface area contributed by atoms with E-state index in [1.807, 2.05) is 6.07 Å². The molecule has 0 saturated heterocycles. The maximum Gasteiger partial charge on any atom is 0.306 e. The highest BCUT2D eigenvalue weighted by Gasteiger charge is 2.14. The van der Waals surface area contributed by atoms with Crippen molar-refractivity contribution in [3.8, 4) is 0 Å². The first kappa shape index (κ1) is 9.71. The molecule has 0 fully saturated rings. The largest absolute Gasteiger partial charge is 0.481 e. The van der Waals surface area contributed by atoms with Crippen molar-refractivity contribution in [2.45, 2.75) is 13.3 Å². The second kappa shape index (κ2) is 3.73. The third kappa shape index (κ3) is 1.83. The van der Waals surface area contributed by atoms with Crippen molar-refractivity contribution in [1.82, 2.24) is 4.98 Å². The van der Waals surface area contributed by atoms with E-state index in [0.29, 0.717) is 12.0 Å². The van der Waals surface area contributed by atoms with Crippen LogP contribution >= 0.6 is 0 Å². The van der Waals surface area contributed by atoms with E-state index in [4.69, 9.17) is 9.52 Å². The lowest BCUT2D eigenvalue weighted by Gasteiger charge is -2.03. The Morgan fingerprint density at radius 2 is 2.47 bits per heavy atom. The van der Waals surface area contributed by atoms with Gasteiger partial charge in [0.1, 0.15) is 0 Å². The Morgan fingerprint density at radius 3 is 3.20 bits per heavy atom. The molecular formula is C11H11NO3. The van der Waals surface area contributed by atoms with Gasteiger partial charge in [-0.1, -0.05) is 6.92 Å². The van der Waals surface area contributed by atoms with Gasteiger partial charge in [-0.25, -0.2) is 0 Å². The Hall–Kier alpha value is -1.84. The van der Waals surface area contributed by atoms with Crippen LogP contribution in [0.2, 0.25) is 0 Å². The van der Waals surface area contributed by atoms with E-state index in [0.717, 1.165) is 10.9 Å². The number of hydrogen-bond acceptors (Lipinski definition) is 3. The topological polar surface area (TPSA) is 63.3 Å². The number of furan rings is 1. The smallest absolute Gasteiger partial charge is 0.306 e. The Morgan fingerprint density at radius 1 is 1.67 bits per heavy atom. The minimum absolute atomic E-state index is 0.404. The van der Waals surface area contributed by atoms with Gasteiger partial charge >= 0.3 is 5.97 Å². The molecule has 0 bridgehead atoms. The molecule has 2 aromatic heterocycles. The summed E-state index contributed by atoms with van der Waals surface area (Å²) in [6.45, 7) is 1.68. The predicted molar refractivity (Wildman–Crippen MR) is 54.5 cm³/mol. The van der Waals surface area contributed by atoms with Gasteiger partial charge in [-0.15, -0.1) is 0 Å². The van der Waals surface area contributed by atoms with Gasteiger partial charge in [-0.2, -0.15) is 0 Å². The first-order valence-electron chi connectivity index (χ1n) is 4.71. The van der Waals surface area contributed by atoms with Gasteiger partial charge < -0.3 is 9.52 Å². The third-order valence-electron chi connectivity index (χ3n) is 2.41. The summed E-state index contributed by atoms with van der Waals surface area (Å²) in [6.07, 6.45) is 5.38. The van der Waals surface area contributed by atoms with Crippen LogP contribution in [0, 0.1) is 5.92 Å². The molecule has 0 radical (unpaired) electrons. The van der Waals surface area contributed by atoms with Crippen molar-refractivity contribution in [2.75, 3.05) is 0 Å². The van der Waals surface area contributed by atoms with Gasteiger partial charge in [0.05, 0.1) is 18.4 Å². The van der Waals surface area contributed by atoms with Crippen LogP contribution < -0.4 is 0 Å². The Kier molecular flexibility index (Phi) is 2.41. The lowest BCUT2D eigenvalue weighted by atomic mass is 10.0. The summed E-state index contributed by atoms with van der Waals surface area (Å²) in [5.41, 5.74) is 1.62. The standard InChI is InChI=1S/C11H11NO3/c1-7(11(13)14)4-8-6-15-10-5-12-3-2-9(8)10/h2-3,5-7H,4H2,1H3,(H,13,14). The summed E-state index contributed by atoms with van der Waals surface area (Å²) in [5, 5.41) is 9.75. The first-order valence-corrected chi connectivity index (χ1v) is 4.71. The predicted octanol–water partition coefficient (Wildman–Crippen LogP) is 2.09. The number of carboxylic acid groups (broad SMARTS) is 1. The van der Waals surface area contributed by atoms with Crippen LogP contribution in [-0.4, -0.2) is 16.1 Å². The Bertz CT molecular complexity index is 489. The van der Waals surface area contributed by atoms with Crippen molar-refractivity contribution in [3.63, 3.8) is 0 Å². The molecule has 4 nitrogen and oxygen atoms in total. The number of aliphatic carboxylic acids is 1. The summed E-state index contributed by atoms with van der Waals surface area (Å²) in [7, 11) is 0. The van der Waals surface area contributed by atoms with E-state index in [1.54, 1.807) is 25.6 Å². The average Bonchev–Trinajstić information content (AvgIpc) is 2.62. The van der Waals surface area contributed by atoms with Crippen molar-refractivity contribution in [1.29, 1.82) is 0 Å². The SMILES string of the molecule is CC(Cc1coc2cnccc12)C(=O)O. The minimum atomic E-state index is -0.793. The second-order valence-electron chi connectivity index (χ2n) is 3.58. The summed E-state index contributed by atoms with van der Waals surface area (Å²) in [5.74, 6) is -1.20. The molecule has 1 unspecified atom stereocenters. The molecule has 0 aliphatic rings. The highest BCUT2D eigenvalue weighted by atomic mass is 16.4. The third-order valence-corrected chi connectivity index (χ3v) is 2.41. The highest BCUT2D eigenvalue weighted by Crippen LogP contribution is 2.22. The number of pyridine rings is 1. The molecule has 0 aliphatic carbocycles. The molecule has 0 aromatic carbocycles. The van der Waals surface area contributed by atoms with E-state index in [-0.39, 0.29) is 0 Å². The van der Waals surface area contributed by atoms with Crippen LogP contribution in [0.25, 0.3) is 11.0 Å². The van der Waals surface area contributed by atoms with Crippen molar-refractivity contribution >= 4 is 16.9 Å². The van der Waals surface area contributed by atoms with Gasteiger partial charge in [-0.05, 0) is 18.1 Å². The van der Waals surface area contributed by atoms with Crippen LogP contribution in [0.15, 0.2) is 29.1 Å². The molecule has 15 heavy (non-hydrogen) atoms. The molecule has 78 valence electrons. The molecule has 0 amide bonds. The molecule has 1 N–H and O–H groups in total. The van der Waals surface area contributed by atoms with Crippen molar-refractivity contribution in [3.05, 3.63) is 30.3 Å². The zero-order chi connectivity index (χ0) is 10.8. The Balaban J connectivity index is 2.32. The van der Waals surface area contributed by atoms with Crippen molar-refractivity contribution < 1.29 is 14.3 Å². The van der Waals surface area contributed by atoms with Gasteiger partial charge in [0.15, 0.2) is 5.58 Å². The van der Waals surface area contributed by atoms with Gasteiger partial charge in [0.2, 0.25) is 0 Å². The number of carboxylic acids is 1. The summed E-state index contributed by atoms with van der Waals surface area (Å²) in [4.78, 5) is 14.6. The van der Waals surface area contributed by atoms with E-state index in [2.05, 4.69) is 4.98 Å². The fourth-order valence-corrected chi connectivity index (χ4v) is 1.51. The fraction of sp³-hybridized carbons (Fsp3) is 0.273. The lowest BCUT2D eigenvalue weighted by Crippen LogP contribution is -2.11. The summed E-state index contributed by atoms with van der Waals surface area (Å²) < 4.78 is 5.27. The molecular weight excluding hydrogens is 194 g/mol. The molecule has 4 heteroatoms.